The number of H-pyrrole nitrogens is 1. The second kappa shape index (κ2) is 3.02. The number of hydrogen-bond acceptors (Lipinski definition) is 0. The van der Waals surface area contributed by atoms with E-state index in [4.69, 9.17) is 0 Å². The summed E-state index contributed by atoms with van der Waals surface area (Å²) >= 11 is 0. The first-order valence-electron chi connectivity index (χ1n) is 1.49. The first-order chi connectivity index (χ1) is 2.50. The Morgan fingerprint density at radius 3 is 2.50 bits per heavy atom. The minimum Gasteiger partial charge on any atom is -0.484 e. The molecule has 0 saturated carbocycles. The predicted molar refractivity (Wildman–Crippen MR) is 19.6 cm³/mol. The quantitative estimate of drug-likeness (QED) is 0.485. The van der Waals surface area contributed by atoms with Crippen LogP contribution in [0.5, 0.6) is 0 Å². The van der Waals surface area contributed by atoms with Crippen molar-refractivity contribution in [3.63, 3.8) is 0 Å². The summed E-state index contributed by atoms with van der Waals surface area (Å²) in [6.07, 6.45) is 4.56. The summed E-state index contributed by atoms with van der Waals surface area (Å²) in [5.41, 5.74) is 0. The van der Waals surface area contributed by atoms with E-state index in [1.54, 1.807) is 0 Å². The van der Waals surface area contributed by atoms with Crippen molar-refractivity contribution in [1.29, 1.82) is 0 Å². The van der Waals surface area contributed by atoms with Crippen molar-refractivity contribution in [1.82, 2.24) is 4.98 Å². The van der Waals surface area contributed by atoms with Crippen molar-refractivity contribution in [2.24, 2.45) is 0 Å². The van der Waals surface area contributed by atoms with E-state index in [1.807, 2.05) is 18.3 Å². The average Bonchev–Trinajstić information content (AvgIpc) is 1.76. The zero-order valence-corrected chi connectivity index (χ0v) is 4.42. The van der Waals surface area contributed by atoms with Gasteiger partial charge < -0.3 is 4.98 Å². The minimum atomic E-state index is 0. The summed E-state index contributed by atoms with van der Waals surface area (Å²) < 4.78 is 0. The van der Waals surface area contributed by atoms with Crippen molar-refractivity contribution in [2.45, 2.75) is 0 Å². The first kappa shape index (κ1) is 5.81. The molecule has 2 heteroatoms. The second-order valence-electron chi connectivity index (χ2n) is 0.814. The van der Waals surface area contributed by atoms with E-state index in [0.717, 1.165) is 0 Å². The second-order valence-corrected chi connectivity index (χ2v) is 0.814. The number of aromatic amines is 1. The number of rotatable bonds is 0. The Bertz CT molecular complexity index is 64.0. The van der Waals surface area contributed by atoms with Gasteiger partial charge in [0.1, 0.15) is 0 Å². The standard InChI is InChI=1S/C4H4N.Cr/c1-2-4-5-3-1;/h1-3,5H;/q-1;. The molecule has 1 aromatic heterocycles. The van der Waals surface area contributed by atoms with Gasteiger partial charge in [-0.05, 0) is 0 Å². The van der Waals surface area contributed by atoms with Crippen LogP contribution in [0.4, 0.5) is 0 Å². The minimum absolute atomic E-state index is 0. The van der Waals surface area contributed by atoms with Gasteiger partial charge in [0.05, 0.1) is 0 Å². The number of aromatic nitrogens is 1. The maximum absolute atomic E-state index is 2.74. The molecule has 0 atom stereocenters. The van der Waals surface area contributed by atoms with Crippen LogP contribution in [-0.4, -0.2) is 4.98 Å². The molecule has 0 unspecified atom stereocenters. The van der Waals surface area contributed by atoms with Crippen LogP contribution in [0.2, 0.25) is 0 Å². The molecule has 1 heterocycles. The van der Waals surface area contributed by atoms with Gasteiger partial charge in [-0.15, -0.1) is 6.20 Å². The summed E-state index contributed by atoms with van der Waals surface area (Å²) in [5, 5.41) is 0. The molecule has 0 aliphatic carbocycles. The molecule has 1 rings (SSSR count). The van der Waals surface area contributed by atoms with E-state index >= 15 is 0 Å². The molecular formula is C4H4CrN-. The van der Waals surface area contributed by atoms with E-state index < -0.39 is 0 Å². The molecule has 0 fully saturated rings. The summed E-state index contributed by atoms with van der Waals surface area (Å²) in [7, 11) is 0. The van der Waals surface area contributed by atoms with Gasteiger partial charge in [0.15, 0.2) is 0 Å². The Kier molecular flexibility index (Phi) is 2.93. The van der Waals surface area contributed by atoms with Gasteiger partial charge in [-0.1, -0.05) is 0 Å². The van der Waals surface area contributed by atoms with Gasteiger partial charge in [0, 0.05) is 17.4 Å². The van der Waals surface area contributed by atoms with Crippen LogP contribution in [0.3, 0.4) is 0 Å². The molecule has 1 nitrogen and oxygen atoms in total. The molecule has 0 saturated heterocycles. The van der Waals surface area contributed by atoms with Crippen molar-refractivity contribution < 1.29 is 17.4 Å². The molecule has 0 aliphatic rings. The molecule has 0 spiro atoms. The Morgan fingerprint density at radius 1 is 1.50 bits per heavy atom. The van der Waals surface area contributed by atoms with Crippen molar-refractivity contribution in [2.75, 3.05) is 0 Å². The predicted octanol–water partition coefficient (Wildman–Crippen LogP) is 0.812. The molecule has 1 aromatic rings. The molecule has 6 heavy (non-hydrogen) atoms. The Balaban J connectivity index is 0.000000250. The molecule has 0 aromatic carbocycles. The number of hydrogen-bond donors (Lipinski definition) is 1. The van der Waals surface area contributed by atoms with E-state index in [2.05, 4.69) is 11.2 Å². The smallest absolute Gasteiger partial charge is 0 e. The maximum Gasteiger partial charge on any atom is 0 e. The van der Waals surface area contributed by atoms with Crippen LogP contribution in [0, 0.1) is 6.20 Å². The zero-order valence-electron chi connectivity index (χ0n) is 3.14. The van der Waals surface area contributed by atoms with Gasteiger partial charge in [0.2, 0.25) is 0 Å². The van der Waals surface area contributed by atoms with Crippen LogP contribution in [0.15, 0.2) is 18.3 Å². The molecule has 0 bridgehead atoms. The van der Waals surface area contributed by atoms with Crippen molar-refractivity contribution >= 4 is 0 Å². The Labute approximate surface area is 47.5 Å². The monoisotopic (exact) mass is 118 g/mol. The molecule has 0 aliphatic heterocycles. The van der Waals surface area contributed by atoms with Gasteiger partial charge >= 0.3 is 0 Å². The summed E-state index contributed by atoms with van der Waals surface area (Å²) in [4.78, 5) is 2.74. The van der Waals surface area contributed by atoms with E-state index in [-0.39, 0.29) is 17.4 Å². The summed E-state index contributed by atoms with van der Waals surface area (Å²) in [6, 6.07) is 3.71. The average molecular weight is 118 g/mol. The van der Waals surface area contributed by atoms with Crippen LogP contribution in [0.1, 0.15) is 0 Å². The van der Waals surface area contributed by atoms with Gasteiger partial charge in [-0.3, -0.25) is 0 Å². The fraction of sp³-hybridized carbons (Fsp3) is 0. The molecule has 32 valence electrons. The van der Waals surface area contributed by atoms with Crippen LogP contribution < -0.4 is 0 Å². The third kappa shape index (κ3) is 1.30. The van der Waals surface area contributed by atoms with E-state index in [9.17, 15) is 0 Å². The third-order valence-corrected chi connectivity index (χ3v) is 0.442. The van der Waals surface area contributed by atoms with E-state index in [1.165, 1.54) is 0 Å². The van der Waals surface area contributed by atoms with Gasteiger partial charge in [0.25, 0.3) is 0 Å². The largest absolute Gasteiger partial charge is 0.484 e. The summed E-state index contributed by atoms with van der Waals surface area (Å²) in [6.45, 7) is 0. The molecule has 0 amide bonds. The van der Waals surface area contributed by atoms with Gasteiger partial charge in [-0.2, -0.15) is 18.3 Å². The SMILES string of the molecule is [Cr].[c-]1ccc[nH]1. The fourth-order valence-electron chi connectivity index (χ4n) is 0.241. The maximum atomic E-state index is 2.74. The molecule has 1 N–H and O–H groups in total. The fourth-order valence-corrected chi connectivity index (χ4v) is 0.241. The normalized spacial score (nSPS) is 6.67. The van der Waals surface area contributed by atoms with Crippen LogP contribution >= 0.6 is 0 Å². The van der Waals surface area contributed by atoms with E-state index in [0.29, 0.717) is 0 Å². The molecular weight excluding hydrogens is 114 g/mol. The Morgan fingerprint density at radius 2 is 2.33 bits per heavy atom. The summed E-state index contributed by atoms with van der Waals surface area (Å²) in [5.74, 6) is 0. The first-order valence-corrected chi connectivity index (χ1v) is 1.49. The van der Waals surface area contributed by atoms with Crippen molar-refractivity contribution in [3.05, 3.63) is 24.5 Å². The van der Waals surface area contributed by atoms with Crippen molar-refractivity contribution in [3.8, 4) is 0 Å². The van der Waals surface area contributed by atoms with Crippen LogP contribution in [-0.2, 0) is 17.4 Å². The number of nitrogens with one attached hydrogen (secondary N) is 1. The zero-order chi connectivity index (χ0) is 3.54. The van der Waals surface area contributed by atoms with Gasteiger partial charge in [-0.25, -0.2) is 0 Å². The van der Waals surface area contributed by atoms with Crippen LogP contribution in [0.25, 0.3) is 0 Å². The molecule has 0 radical (unpaired) electrons. The Hall–Kier alpha value is -0.188. The third-order valence-electron chi connectivity index (χ3n) is 0.442. The topological polar surface area (TPSA) is 15.8 Å².